The lowest BCUT2D eigenvalue weighted by Crippen LogP contribution is -2.13. The number of pyridine rings is 1. The van der Waals surface area contributed by atoms with Gasteiger partial charge in [0, 0.05) is 11.9 Å². The Bertz CT molecular complexity index is 692. The van der Waals surface area contributed by atoms with Gasteiger partial charge in [-0.1, -0.05) is 6.07 Å². The molecule has 6 nitrogen and oxygen atoms in total. The highest BCUT2D eigenvalue weighted by Crippen LogP contribution is 2.13. The van der Waals surface area contributed by atoms with Crippen molar-refractivity contribution in [1.29, 1.82) is 0 Å². The number of aromatic nitrogens is 4. The zero-order chi connectivity index (χ0) is 13.8. The third-order valence-electron chi connectivity index (χ3n) is 2.71. The number of rotatable bonds is 3. The Kier molecular flexibility index (Phi) is 3.20. The molecule has 2 heterocycles. The average Bonchev–Trinajstić information content (AvgIpc) is 3.03. The van der Waals surface area contributed by atoms with Crippen molar-refractivity contribution in [2.45, 2.75) is 0 Å². The number of carbonyl (C=O) groups is 1. The van der Waals surface area contributed by atoms with Crippen LogP contribution < -0.4 is 5.32 Å². The fraction of sp³-hybridized carbons (Fsp3) is 0. The number of hydrogen-bond donors (Lipinski definition) is 1. The fourth-order valence-corrected chi connectivity index (χ4v) is 1.73. The van der Waals surface area contributed by atoms with Crippen LogP contribution in [0.25, 0.3) is 5.69 Å². The molecule has 3 rings (SSSR count). The first-order valence-corrected chi connectivity index (χ1v) is 6.00. The molecule has 0 saturated carbocycles. The van der Waals surface area contributed by atoms with Crippen LogP contribution in [0.5, 0.6) is 0 Å². The molecule has 0 atom stereocenters. The van der Waals surface area contributed by atoms with E-state index in [4.69, 9.17) is 0 Å². The molecule has 0 aliphatic rings. The van der Waals surface area contributed by atoms with E-state index in [9.17, 15) is 4.79 Å². The van der Waals surface area contributed by atoms with Gasteiger partial charge in [-0.2, -0.15) is 5.10 Å². The molecule has 20 heavy (non-hydrogen) atoms. The van der Waals surface area contributed by atoms with E-state index in [-0.39, 0.29) is 5.91 Å². The highest BCUT2D eigenvalue weighted by atomic mass is 16.1. The SMILES string of the molecule is O=C(Nc1ccc(-n2cncn2)cc1)c1ccccn1. The van der Waals surface area contributed by atoms with Crippen LogP contribution in [-0.4, -0.2) is 25.7 Å². The van der Waals surface area contributed by atoms with Crippen LogP contribution in [0.2, 0.25) is 0 Å². The van der Waals surface area contributed by atoms with Crippen LogP contribution >= 0.6 is 0 Å². The zero-order valence-electron chi connectivity index (χ0n) is 10.5. The van der Waals surface area contributed by atoms with Gasteiger partial charge in [-0.15, -0.1) is 0 Å². The van der Waals surface area contributed by atoms with Gasteiger partial charge in [0.2, 0.25) is 0 Å². The Balaban J connectivity index is 1.74. The Morgan fingerprint density at radius 3 is 2.60 bits per heavy atom. The summed E-state index contributed by atoms with van der Waals surface area (Å²) in [7, 11) is 0. The molecule has 0 unspecified atom stereocenters. The molecule has 1 amide bonds. The van der Waals surface area contributed by atoms with E-state index in [1.165, 1.54) is 6.33 Å². The van der Waals surface area contributed by atoms with Gasteiger partial charge in [-0.05, 0) is 36.4 Å². The van der Waals surface area contributed by atoms with Gasteiger partial charge in [-0.3, -0.25) is 9.78 Å². The molecule has 0 saturated heterocycles. The lowest BCUT2D eigenvalue weighted by Gasteiger charge is -2.06. The van der Waals surface area contributed by atoms with Crippen molar-refractivity contribution in [3.63, 3.8) is 0 Å². The number of hydrogen-bond acceptors (Lipinski definition) is 4. The predicted molar refractivity (Wildman–Crippen MR) is 73.5 cm³/mol. The molecule has 0 fully saturated rings. The second-order valence-corrected chi connectivity index (χ2v) is 4.06. The molecule has 0 radical (unpaired) electrons. The van der Waals surface area contributed by atoms with Gasteiger partial charge >= 0.3 is 0 Å². The first kappa shape index (κ1) is 12.0. The molecule has 98 valence electrons. The van der Waals surface area contributed by atoms with Crippen molar-refractivity contribution in [3.05, 3.63) is 67.0 Å². The molecule has 0 bridgehead atoms. The minimum absolute atomic E-state index is 0.237. The normalized spacial score (nSPS) is 10.2. The van der Waals surface area contributed by atoms with Crippen molar-refractivity contribution < 1.29 is 4.79 Å². The van der Waals surface area contributed by atoms with E-state index in [0.717, 1.165) is 5.69 Å². The van der Waals surface area contributed by atoms with Crippen LogP contribution in [-0.2, 0) is 0 Å². The Hall–Kier alpha value is -3.02. The predicted octanol–water partition coefficient (Wildman–Crippen LogP) is 1.91. The third kappa shape index (κ3) is 2.54. The molecular formula is C14H11N5O. The van der Waals surface area contributed by atoms with Gasteiger partial charge < -0.3 is 5.32 Å². The summed E-state index contributed by atoms with van der Waals surface area (Å²) >= 11 is 0. The van der Waals surface area contributed by atoms with Gasteiger partial charge in [-0.25, -0.2) is 9.67 Å². The first-order valence-electron chi connectivity index (χ1n) is 6.00. The van der Waals surface area contributed by atoms with Crippen molar-refractivity contribution >= 4 is 11.6 Å². The highest BCUT2D eigenvalue weighted by molar-refractivity contribution is 6.02. The van der Waals surface area contributed by atoms with Crippen LogP contribution in [0.15, 0.2) is 61.3 Å². The second kappa shape index (κ2) is 5.31. The molecule has 1 N–H and O–H groups in total. The number of nitrogens with one attached hydrogen (secondary N) is 1. The van der Waals surface area contributed by atoms with Gasteiger partial charge in [0.05, 0.1) is 5.69 Å². The smallest absolute Gasteiger partial charge is 0.274 e. The lowest BCUT2D eigenvalue weighted by molar-refractivity contribution is 0.102. The minimum atomic E-state index is -0.237. The molecule has 2 aromatic heterocycles. The number of amides is 1. The molecule has 0 aliphatic heterocycles. The van der Waals surface area contributed by atoms with Crippen LogP contribution in [0.1, 0.15) is 10.5 Å². The van der Waals surface area contributed by atoms with E-state index in [1.54, 1.807) is 47.5 Å². The zero-order valence-corrected chi connectivity index (χ0v) is 10.5. The Morgan fingerprint density at radius 2 is 1.95 bits per heavy atom. The minimum Gasteiger partial charge on any atom is -0.321 e. The summed E-state index contributed by atoms with van der Waals surface area (Å²) in [5.74, 6) is -0.237. The number of nitrogens with zero attached hydrogens (tertiary/aromatic N) is 4. The average molecular weight is 265 g/mol. The van der Waals surface area contributed by atoms with Crippen molar-refractivity contribution in [3.8, 4) is 5.69 Å². The maximum absolute atomic E-state index is 11.9. The largest absolute Gasteiger partial charge is 0.321 e. The van der Waals surface area contributed by atoms with E-state index < -0.39 is 0 Å². The van der Waals surface area contributed by atoms with Gasteiger partial charge in [0.15, 0.2) is 0 Å². The van der Waals surface area contributed by atoms with Crippen LogP contribution in [0, 0.1) is 0 Å². The molecule has 0 aliphatic carbocycles. The molecule has 1 aromatic carbocycles. The van der Waals surface area contributed by atoms with E-state index >= 15 is 0 Å². The molecule has 3 aromatic rings. The third-order valence-corrected chi connectivity index (χ3v) is 2.71. The summed E-state index contributed by atoms with van der Waals surface area (Å²) in [6, 6.07) is 12.5. The Labute approximate surface area is 115 Å². The van der Waals surface area contributed by atoms with Gasteiger partial charge in [0.1, 0.15) is 18.3 Å². The fourth-order valence-electron chi connectivity index (χ4n) is 1.73. The summed E-state index contributed by atoms with van der Waals surface area (Å²) in [6.45, 7) is 0. The highest BCUT2D eigenvalue weighted by Gasteiger charge is 2.06. The topological polar surface area (TPSA) is 72.7 Å². The van der Waals surface area contributed by atoms with E-state index in [2.05, 4.69) is 20.4 Å². The van der Waals surface area contributed by atoms with Crippen molar-refractivity contribution in [1.82, 2.24) is 19.7 Å². The quantitative estimate of drug-likeness (QED) is 0.785. The van der Waals surface area contributed by atoms with E-state index in [1.807, 2.05) is 12.1 Å². The van der Waals surface area contributed by atoms with Crippen molar-refractivity contribution in [2.75, 3.05) is 5.32 Å². The monoisotopic (exact) mass is 265 g/mol. The summed E-state index contributed by atoms with van der Waals surface area (Å²) in [6.07, 6.45) is 4.67. The molecular weight excluding hydrogens is 254 g/mol. The maximum Gasteiger partial charge on any atom is 0.274 e. The summed E-state index contributed by atoms with van der Waals surface area (Å²) in [5, 5.41) is 6.82. The van der Waals surface area contributed by atoms with Gasteiger partial charge in [0.25, 0.3) is 5.91 Å². The summed E-state index contributed by atoms with van der Waals surface area (Å²) in [5.41, 5.74) is 1.95. The number of anilines is 1. The Morgan fingerprint density at radius 1 is 1.10 bits per heavy atom. The van der Waals surface area contributed by atoms with Crippen molar-refractivity contribution in [2.24, 2.45) is 0 Å². The van der Waals surface area contributed by atoms with Crippen LogP contribution in [0.4, 0.5) is 5.69 Å². The summed E-state index contributed by atoms with van der Waals surface area (Å²) < 4.78 is 1.64. The molecule has 6 heteroatoms. The van der Waals surface area contributed by atoms with E-state index in [0.29, 0.717) is 11.4 Å². The lowest BCUT2D eigenvalue weighted by atomic mass is 10.2. The summed E-state index contributed by atoms with van der Waals surface area (Å²) in [4.78, 5) is 19.8. The first-order chi connectivity index (χ1) is 9.83. The maximum atomic E-state index is 11.9. The standard InChI is InChI=1S/C14H11N5O/c20-14(13-3-1-2-8-16-13)18-11-4-6-12(7-5-11)19-10-15-9-17-19/h1-10H,(H,18,20). The van der Waals surface area contributed by atoms with Crippen LogP contribution in [0.3, 0.4) is 0 Å². The number of carbonyl (C=O) groups excluding carboxylic acids is 1. The molecule has 0 spiro atoms. The second-order valence-electron chi connectivity index (χ2n) is 4.06. The number of benzene rings is 1.